The molecule has 134 valence electrons. The Morgan fingerprint density at radius 3 is 2.21 bits per heavy atom. The van der Waals surface area contributed by atoms with Crippen LogP contribution in [0.3, 0.4) is 0 Å². The largest absolute Gasteiger partial charge is 0.450 e. The van der Waals surface area contributed by atoms with Gasteiger partial charge in [-0.25, -0.2) is 4.79 Å². The van der Waals surface area contributed by atoms with Gasteiger partial charge in [0.15, 0.2) is 11.3 Å². The summed E-state index contributed by atoms with van der Waals surface area (Å²) >= 11 is 40.5. The third-order valence-corrected chi connectivity index (χ3v) is 4.07. The molecular weight excluding hydrogens is 463 g/mol. The van der Waals surface area contributed by atoms with Gasteiger partial charge in [-0.05, 0) is 31.3 Å². The number of carbonyl (C=O) groups excluding carboxylic acids is 1. The lowest BCUT2D eigenvalue weighted by Gasteiger charge is -2.27. The molecule has 0 saturated heterocycles. The number of thiocarbonyl (C=S) groups is 1. The van der Waals surface area contributed by atoms with Crippen LogP contribution in [0.4, 0.5) is 10.5 Å². The number of rotatable bonds is 4. The summed E-state index contributed by atoms with van der Waals surface area (Å²) in [6, 6.07) is 2.95. The minimum atomic E-state index is -1.91. The van der Waals surface area contributed by atoms with Gasteiger partial charge in [0, 0.05) is 5.02 Å². The molecule has 0 aromatic heterocycles. The van der Waals surface area contributed by atoms with Crippen molar-refractivity contribution in [2.24, 2.45) is 0 Å². The number of nitrogens with one attached hydrogen (secondary N) is 3. The summed E-state index contributed by atoms with van der Waals surface area (Å²) in [6.45, 7) is 1.78. The zero-order valence-electron chi connectivity index (χ0n) is 11.9. The Hall–Kier alpha value is -0.0800. The number of anilines is 1. The highest BCUT2D eigenvalue weighted by Crippen LogP contribution is 2.34. The molecule has 0 aliphatic rings. The Labute approximate surface area is 174 Å². The molecule has 1 aromatic carbocycles. The van der Waals surface area contributed by atoms with Crippen LogP contribution in [-0.4, -0.2) is 27.8 Å². The van der Waals surface area contributed by atoms with Crippen molar-refractivity contribution < 1.29 is 9.53 Å². The molecule has 0 bridgehead atoms. The molecule has 1 atom stereocenters. The van der Waals surface area contributed by atoms with Gasteiger partial charge in [-0.1, -0.05) is 69.6 Å². The molecule has 0 saturated carbocycles. The summed E-state index contributed by atoms with van der Waals surface area (Å²) in [4.78, 5) is 11.5. The lowest BCUT2D eigenvalue weighted by atomic mass is 10.3. The Morgan fingerprint density at radius 1 is 1.21 bits per heavy atom. The van der Waals surface area contributed by atoms with Gasteiger partial charge in [0.2, 0.25) is 3.79 Å². The fraction of sp³-hybridized carbons (Fsp3) is 0.333. The molecule has 24 heavy (non-hydrogen) atoms. The van der Waals surface area contributed by atoms with E-state index >= 15 is 0 Å². The van der Waals surface area contributed by atoms with E-state index in [-0.39, 0.29) is 21.8 Å². The van der Waals surface area contributed by atoms with E-state index in [0.717, 1.165) is 0 Å². The average molecular weight is 474 g/mol. The van der Waals surface area contributed by atoms with E-state index < -0.39 is 16.1 Å². The van der Waals surface area contributed by atoms with Gasteiger partial charge in [0.05, 0.1) is 22.3 Å². The number of amides is 1. The second-order valence-electron chi connectivity index (χ2n) is 4.18. The monoisotopic (exact) mass is 471 g/mol. The van der Waals surface area contributed by atoms with Crippen molar-refractivity contribution in [3.05, 3.63) is 27.2 Å². The molecule has 5 nitrogen and oxygen atoms in total. The summed E-state index contributed by atoms with van der Waals surface area (Å²) < 4.78 is 2.82. The van der Waals surface area contributed by atoms with Gasteiger partial charge >= 0.3 is 6.09 Å². The third-order valence-electron chi connectivity index (χ3n) is 2.39. The molecule has 0 aliphatic heterocycles. The molecule has 0 spiro atoms. The highest BCUT2D eigenvalue weighted by atomic mass is 35.6. The van der Waals surface area contributed by atoms with Crippen LogP contribution in [0.25, 0.3) is 0 Å². The summed E-state index contributed by atoms with van der Waals surface area (Å²) in [5, 5.41) is 8.53. The van der Waals surface area contributed by atoms with Crippen molar-refractivity contribution in [3.63, 3.8) is 0 Å². The van der Waals surface area contributed by atoms with E-state index in [1.165, 1.54) is 12.1 Å². The van der Waals surface area contributed by atoms with Gasteiger partial charge in [-0.2, -0.15) is 0 Å². The molecule has 0 fully saturated rings. The van der Waals surface area contributed by atoms with E-state index in [1.54, 1.807) is 6.92 Å². The van der Waals surface area contributed by atoms with Crippen LogP contribution in [0.2, 0.25) is 15.1 Å². The summed E-state index contributed by atoms with van der Waals surface area (Å²) in [5.41, 5.74) is 0.305. The maximum atomic E-state index is 11.5. The highest BCUT2D eigenvalue weighted by molar-refractivity contribution is 7.80. The van der Waals surface area contributed by atoms with Gasteiger partial charge in [0.1, 0.15) is 0 Å². The maximum absolute atomic E-state index is 11.5. The molecule has 1 rings (SSSR count). The number of halogens is 6. The van der Waals surface area contributed by atoms with Crippen molar-refractivity contribution in [1.29, 1.82) is 0 Å². The molecule has 12 heteroatoms. The quantitative estimate of drug-likeness (QED) is 0.311. The Kier molecular flexibility index (Phi) is 8.76. The lowest BCUT2D eigenvalue weighted by Crippen LogP contribution is -2.56. The predicted molar refractivity (Wildman–Crippen MR) is 105 cm³/mol. The fourth-order valence-electron chi connectivity index (χ4n) is 1.43. The number of carbonyl (C=O) groups is 1. The topological polar surface area (TPSA) is 62.4 Å². The average Bonchev–Trinajstić information content (AvgIpc) is 2.41. The highest BCUT2D eigenvalue weighted by Gasteiger charge is 2.35. The van der Waals surface area contributed by atoms with Crippen molar-refractivity contribution in [1.82, 2.24) is 10.6 Å². The Morgan fingerprint density at radius 2 is 1.75 bits per heavy atom. The normalized spacial score (nSPS) is 12.3. The van der Waals surface area contributed by atoms with Crippen molar-refractivity contribution in [2.45, 2.75) is 16.9 Å². The number of benzene rings is 1. The number of hydrogen-bond donors (Lipinski definition) is 3. The third kappa shape index (κ3) is 7.04. The second kappa shape index (κ2) is 9.57. The number of ether oxygens (including phenoxy) is 1. The zero-order valence-corrected chi connectivity index (χ0v) is 17.3. The number of alkyl carbamates (subject to hydrolysis) is 1. The smallest absolute Gasteiger partial charge is 0.408 e. The first-order valence-electron chi connectivity index (χ1n) is 6.26. The van der Waals surface area contributed by atoms with Crippen molar-refractivity contribution in [2.75, 3.05) is 11.9 Å². The van der Waals surface area contributed by atoms with Crippen LogP contribution < -0.4 is 16.0 Å². The Bertz CT molecular complexity index is 602. The summed E-state index contributed by atoms with van der Waals surface area (Å²) in [7, 11) is 0. The minimum Gasteiger partial charge on any atom is -0.450 e. The molecule has 3 N–H and O–H groups in total. The second-order valence-corrected chi connectivity index (χ2v) is 8.21. The van der Waals surface area contributed by atoms with Crippen LogP contribution in [0.1, 0.15) is 6.92 Å². The van der Waals surface area contributed by atoms with E-state index in [1.807, 2.05) is 0 Å². The van der Waals surface area contributed by atoms with Gasteiger partial charge < -0.3 is 15.4 Å². The van der Waals surface area contributed by atoms with Crippen LogP contribution >= 0.6 is 81.8 Å². The van der Waals surface area contributed by atoms with Crippen LogP contribution in [0.5, 0.6) is 0 Å². The fourth-order valence-corrected chi connectivity index (χ4v) is 2.89. The molecular formula is C12H11Cl6N3O2S. The van der Waals surface area contributed by atoms with Crippen molar-refractivity contribution in [3.8, 4) is 0 Å². The van der Waals surface area contributed by atoms with Gasteiger partial charge in [0.25, 0.3) is 0 Å². The van der Waals surface area contributed by atoms with Gasteiger partial charge in [-0.3, -0.25) is 5.32 Å². The Balaban J connectivity index is 2.84. The summed E-state index contributed by atoms with van der Waals surface area (Å²) in [6.07, 6.45) is -1.96. The number of alkyl halides is 3. The molecule has 0 radical (unpaired) electrons. The summed E-state index contributed by atoms with van der Waals surface area (Å²) in [5.74, 6) is 0. The van der Waals surface area contributed by atoms with Crippen LogP contribution in [0.15, 0.2) is 12.1 Å². The SMILES string of the molecule is CCOC(=O)N[C@@H](NC(=S)Nc1c(Cl)cc(Cl)cc1Cl)C(Cl)(Cl)Cl. The first-order chi connectivity index (χ1) is 11.0. The first kappa shape index (κ1) is 22.0. The lowest BCUT2D eigenvalue weighted by molar-refractivity contribution is 0.147. The van der Waals surface area contributed by atoms with Gasteiger partial charge in [-0.15, -0.1) is 0 Å². The first-order valence-corrected chi connectivity index (χ1v) is 8.94. The standard InChI is InChI=1S/C12H11Cl6N3O2S/c1-2-23-11(22)21-9(12(16,17)18)20-10(24)19-8-6(14)3-5(13)4-7(8)15/h3-4,9H,2H2,1H3,(H,21,22)(H2,19,20,24)/t9-/m1/s1. The van der Waals surface area contributed by atoms with Crippen LogP contribution in [0, 0.1) is 0 Å². The molecule has 0 unspecified atom stereocenters. The van der Waals surface area contributed by atoms with Crippen LogP contribution in [-0.2, 0) is 4.74 Å². The molecule has 0 heterocycles. The van der Waals surface area contributed by atoms with E-state index in [2.05, 4.69) is 16.0 Å². The van der Waals surface area contributed by atoms with E-state index in [9.17, 15) is 4.79 Å². The molecule has 1 amide bonds. The molecule has 0 aliphatic carbocycles. The van der Waals surface area contributed by atoms with E-state index in [4.69, 9.17) is 86.6 Å². The zero-order chi connectivity index (χ0) is 18.5. The predicted octanol–water partition coefficient (Wildman–Crippen LogP) is 5.38. The number of hydrogen-bond acceptors (Lipinski definition) is 3. The molecule has 1 aromatic rings. The van der Waals surface area contributed by atoms with E-state index in [0.29, 0.717) is 10.7 Å². The maximum Gasteiger partial charge on any atom is 0.408 e. The van der Waals surface area contributed by atoms with Crippen molar-refractivity contribution >= 4 is 98.7 Å². The minimum absolute atomic E-state index is 0.00533.